The number of carbonyl (C=O) groups excluding carboxylic acids is 1. The standard InChI is InChI=1S/C18H28ClN3O4S.ClH/c1-26-17-12-14(20)11-15(19)18(17)16(23)4-3-13-5-8-22(9-6-13)10-7-21-27(2,24)25;/h11-13,21H,3-10,20H2,1-2H3;1H. The van der Waals surface area contributed by atoms with E-state index in [0.717, 1.165) is 32.4 Å². The van der Waals surface area contributed by atoms with Crippen LogP contribution in [0, 0.1) is 5.92 Å². The molecule has 1 heterocycles. The second-order valence-corrected chi connectivity index (χ2v) is 9.23. The van der Waals surface area contributed by atoms with Crippen LogP contribution in [-0.2, 0) is 10.0 Å². The van der Waals surface area contributed by atoms with Gasteiger partial charge in [0, 0.05) is 31.3 Å². The van der Waals surface area contributed by atoms with E-state index >= 15 is 0 Å². The molecule has 2 rings (SSSR count). The van der Waals surface area contributed by atoms with Gasteiger partial charge >= 0.3 is 0 Å². The van der Waals surface area contributed by atoms with Crippen LogP contribution in [0.1, 0.15) is 36.0 Å². The number of anilines is 1. The van der Waals surface area contributed by atoms with E-state index in [0.29, 0.717) is 47.5 Å². The molecule has 160 valence electrons. The summed E-state index contributed by atoms with van der Waals surface area (Å²) in [6.45, 7) is 2.96. The number of ether oxygens (including phenoxy) is 1. The number of carbonyl (C=O) groups is 1. The van der Waals surface area contributed by atoms with Gasteiger partial charge in [0.05, 0.1) is 24.0 Å². The first kappa shape index (κ1) is 25.0. The molecule has 1 saturated heterocycles. The van der Waals surface area contributed by atoms with Crippen LogP contribution in [0.25, 0.3) is 0 Å². The number of hydrogen-bond donors (Lipinski definition) is 2. The summed E-state index contributed by atoms with van der Waals surface area (Å²) in [5.74, 6) is 0.862. The lowest BCUT2D eigenvalue weighted by atomic mass is 9.90. The molecule has 7 nitrogen and oxygen atoms in total. The maximum Gasteiger partial charge on any atom is 0.208 e. The minimum Gasteiger partial charge on any atom is -0.496 e. The first-order valence-corrected chi connectivity index (χ1v) is 11.3. The van der Waals surface area contributed by atoms with Crippen LogP contribution in [0.4, 0.5) is 5.69 Å². The number of nitrogens with two attached hydrogens (primary N) is 1. The van der Waals surface area contributed by atoms with Gasteiger partial charge in [-0.1, -0.05) is 11.6 Å². The normalized spacial score (nSPS) is 15.8. The fraction of sp³-hybridized carbons (Fsp3) is 0.611. The van der Waals surface area contributed by atoms with Crippen LogP contribution in [-0.4, -0.2) is 58.6 Å². The lowest BCUT2D eigenvalue weighted by Crippen LogP contribution is -2.39. The second kappa shape index (κ2) is 11.2. The largest absolute Gasteiger partial charge is 0.496 e. The zero-order valence-corrected chi connectivity index (χ0v) is 18.6. The highest BCUT2D eigenvalue weighted by Gasteiger charge is 2.22. The molecule has 28 heavy (non-hydrogen) atoms. The van der Waals surface area contributed by atoms with Gasteiger partial charge in [-0.2, -0.15) is 0 Å². The molecule has 3 N–H and O–H groups in total. The number of sulfonamides is 1. The van der Waals surface area contributed by atoms with E-state index in [-0.39, 0.29) is 18.2 Å². The zero-order chi connectivity index (χ0) is 20.0. The van der Waals surface area contributed by atoms with Crippen LogP contribution < -0.4 is 15.2 Å². The van der Waals surface area contributed by atoms with Gasteiger partial charge in [0.2, 0.25) is 10.0 Å². The summed E-state index contributed by atoms with van der Waals surface area (Å²) < 4.78 is 30.0. The van der Waals surface area contributed by atoms with E-state index in [9.17, 15) is 13.2 Å². The third-order valence-electron chi connectivity index (χ3n) is 4.85. The molecular formula is C18H29Cl2N3O4S. The lowest BCUT2D eigenvalue weighted by molar-refractivity contribution is 0.0960. The monoisotopic (exact) mass is 453 g/mol. The quantitative estimate of drug-likeness (QED) is 0.439. The number of methoxy groups -OCH3 is 1. The third kappa shape index (κ3) is 7.75. The fourth-order valence-electron chi connectivity index (χ4n) is 3.38. The number of benzene rings is 1. The van der Waals surface area contributed by atoms with Crippen molar-refractivity contribution in [1.82, 2.24) is 9.62 Å². The molecule has 0 bridgehead atoms. The predicted molar refractivity (Wildman–Crippen MR) is 115 cm³/mol. The highest BCUT2D eigenvalue weighted by atomic mass is 35.5. The Morgan fingerprint density at radius 3 is 2.57 bits per heavy atom. The molecule has 0 unspecified atom stereocenters. The minimum atomic E-state index is -3.14. The number of hydrogen-bond acceptors (Lipinski definition) is 6. The molecule has 0 radical (unpaired) electrons. The summed E-state index contributed by atoms with van der Waals surface area (Å²) >= 11 is 6.19. The summed E-state index contributed by atoms with van der Waals surface area (Å²) in [4.78, 5) is 14.9. The molecule has 1 aromatic carbocycles. The van der Waals surface area contributed by atoms with Gasteiger partial charge in [0.1, 0.15) is 5.75 Å². The van der Waals surface area contributed by atoms with E-state index in [4.69, 9.17) is 22.1 Å². The van der Waals surface area contributed by atoms with Crippen molar-refractivity contribution in [3.63, 3.8) is 0 Å². The summed E-state index contributed by atoms with van der Waals surface area (Å²) in [7, 11) is -1.64. The first-order chi connectivity index (χ1) is 12.7. The second-order valence-electron chi connectivity index (χ2n) is 6.99. The Morgan fingerprint density at radius 1 is 1.36 bits per heavy atom. The number of nitrogens with zero attached hydrogens (tertiary/aromatic N) is 1. The molecule has 0 spiro atoms. The molecule has 1 aromatic rings. The number of halogens is 2. The van der Waals surface area contributed by atoms with Crippen molar-refractivity contribution in [2.45, 2.75) is 25.7 Å². The van der Waals surface area contributed by atoms with E-state index in [2.05, 4.69) is 9.62 Å². The van der Waals surface area contributed by atoms with Crippen LogP contribution in [0.5, 0.6) is 5.75 Å². The molecule has 1 aliphatic heterocycles. The lowest BCUT2D eigenvalue weighted by Gasteiger charge is -2.31. The van der Waals surface area contributed by atoms with Crippen LogP contribution >= 0.6 is 24.0 Å². The van der Waals surface area contributed by atoms with E-state index in [1.807, 2.05) is 0 Å². The van der Waals surface area contributed by atoms with E-state index < -0.39 is 10.0 Å². The summed E-state index contributed by atoms with van der Waals surface area (Å²) in [6, 6.07) is 3.18. The van der Waals surface area contributed by atoms with Gasteiger partial charge in [0.15, 0.2) is 5.78 Å². The van der Waals surface area contributed by atoms with Gasteiger partial charge in [-0.15, -0.1) is 12.4 Å². The Hall–Kier alpha value is -1.06. The van der Waals surface area contributed by atoms with Crippen molar-refractivity contribution >= 4 is 45.5 Å². The number of Topliss-reactive ketones (excluding diaryl/α,β-unsaturated/α-hetero) is 1. The number of nitrogens with one attached hydrogen (secondary N) is 1. The molecule has 0 atom stereocenters. The first-order valence-electron chi connectivity index (χ1n) is 9.03. The van der Waals surface area contributed by atoms with Crippen molar-refractivity contribution in [3.8, 4) is 5.75 Å². The molecule has 0 amide bonds. The highest BCUT2D eigenvalue weighted by Crippen LogP contribution is 2.32. The molecule has 10 heteroatoms. The molecule has 0 aliphatic carbocycles. The summed E-state index contributed by atoms with van der Waals surface area (Å²) in [6.07, 6.45) is 4.38. The van der Waals surface area contributed by atoms with Gasteiger partial charge in [0.25, 0.3) is 0 Å². The van der Waals surface area contributed by atoms with Crippen molar-refractivity contribution in [3.05, 3.63) is 22.7 Å². The molecule has 0 aromatic heterocycles. The zero-order valence-electron chi connectivity index (χ0n) is 16.2. The van der Waals surface area contributed by atoms with Crippen molar-refractivity contribution in [2.24, 2.45) is 5.92 Å². The predicted octanol–water partition coefficient (Wildman–Crippen LogP) is 2.58. The Balaban J connectivity index is 0.00000392. The number of rotatable bonds is 9. The van der Waals surface area contributed by atoms with Crippen LogP contribution in [0.3, 0.4) is 0 Å². The van der Waals surface area contributed by atoms with Crippen molar-refractivity contribution in [1.29, 1.82) is 0 Å². The number of piperidine rings is 1. The van der Waals surface area contributed by atoms with E-state index in [1.54, 1.807) is 12.1 Å². The van der Waals surface area contributed by atoms with E-state index in [1.165, 1.54) is 13.4 Å². The maximum absolute atomic E-state index is 12.6. The number of nitrogen functional groups attached to an aromatic ring is 1. The van der Waals surface area contributed by atoms with Crippen molar-refractivity contribution < 1.29 is 17.9 Å². The molecule has 1 aliphatic rings. The average molecular weight is 454 g/mol. The Labute approximate surface area is 178 Å². The molecule has 1 fully saturated rings. The average Bonchev–Trinajstić information content (AvgIpc) is 2.59. The Morgan fingerprint density at radius 2 is 2.00 bits per heavy atom. The van der Waals surface area contributed by atoms with Gasteiger partial charge in [-0.05, 0) is 44.3 Å². The maximum atomic E-state index is 12.6. The smallest absolute Gasteiger partial charge is 0.208 e. The van der Waals surface area contributed by atoms with Crippen molar-refractivity contribution in [2.75, 3.05) is 45.3 Å². The molecular weight excluding hydrogens is 425 g/mol. The minimum absolute atomic E-state index is 0. The Bertz CT molecular complexity index is 766. The van der Waals surface area contributed by atoms with Crippen LogP contribution in [0.2, 0.25) is 5.02 Å². The Kier molecular flexibility index (Phi) is 10.00. The fourth-order valence-corrected chi connectivity index (χ4v) is 4.17. The van der Waals surface area contributed by atoms with Gasteiger partial charge in [-0.25, -0.2) is 13.1 Å². The molecule has 0 saturated carbocycles. The SMILES string of the molecule is COc1cc(N)cc(Cl)c1C(=O)CCC1CCN(CCNS(C)(=O)=O)CC1.Cl. The van der Waals surface area contributed by atoms with Gasteiger partial charge in [-0.3, -0.25) is 4.79 Å². The highest BCUT2D eigenvalue weighted by molar-refractivity contribution is 7.88. The summed E-state index contributed by atoms with van der Waals surface area (Å²) in [5, 5.41) is 0.324. The topological polar surface area (TPSA) is 102 Å². The summed E-state index contributed by atoms with van der Waals surface area (Å²) in [5.41, 5.74) is 6.61. The third-order valence-corrected chi connectivity index (χ3v) is 5.88. The number of ketones is 1. The van der Waals surface area contributed by atoms with Crippen LogP contribution in [0.15, 0.2) is 12.1 Å². The van der Waals surface area contributed by atoms with Gasteiger partial charge < -0.3 is 15.4 Å². The number of likely N-dealkylation sites (tertiary alicyclic amines) is 1.